The largest absolute Gasteiger partial charge is 0.497 e. The third-order valence-electron chi connectivity index (χ3n) is 5.51. The van der Waals surface area contributed by atoms with Gasteiger partial charge in [-0.15, -0.1) is 0 Å². The van der Waals surface area contributed by atoms with Crippen LogP contribution >= 0.6 is 0 Å². The summed E-state index contributed by atoms with van der Waals surface area (Å²) >= 11 is 0. The predicted octanol–water partition coefficient (Wildman–Crippen LogP) is 4.66. The van der Waals surface area contributed by atoms with Crippen molar-refractivity contribution in [2.75, 3.05) is 24.4 Å². The first-order valence-electron chi connectivity index (χ1n) is 10.2. The zero-order chi connectivity index (χ0) is 22.1. The van der Waals surface area contributed by atoms with Gasteiger partial charge >= 0.3 is 0 Å². The number of carbonyl (C=O) groups is 1. The van der Waals surface area contributed by atoms with Crippen LogP contribution in [0.1, 0.15) is 22.1 Å². The number of anilines is 2. The van der Waals surface area contributed by atoms with Gasteiger partial charge in [0.15, 0.2) is 0 Å². The van der Waals surface area contributed by atoms with Gasteiger partial charge in [0.1, 0.15) is 17.7 Å². The summed E-state index contributed by atoms with van der Waals surface area (Å²) in [6.07, 6.45) is 3.23. The third kappa shape index (κ3) is 3.33. The van der Waals surface area contributed by atoms with Crippen molar-refractivity contribution in [1.29, 1.82) is 0 Å². The monoisotopic (exact) mass is 426 g/mol. The Kier molecular flexibility index (Phi) is 4.99. The molecule has 7 nitrogen and oxygen atoms in total. The topological polar surface area (TPSA) is 68.6 Å². The molecule has 1 amide bonds. The van der Waals surface area contributed by atoms with E-state index in [-0.39, 0.29) is 5.91 Å². The fourth-order valence-electron chi connectivity index (χ4n) is 3.92. The summed E-state index contributed by atoms with van der Waals surface area (Å²) in [6.45, 7) is 0. The Labute approximate surface area is 185 Å². The van der Waals surface area contributed by atoms with Crippen molar-refractivity contribution in [3.05, 3.63) is 96.3 Å². The second-order valence-corrected chi connectivity index (χ2v) is 7.36. The first-order valence-corrected chi connectivity index (χ1v) is 10.2. The first-order chi connectivity index (χ1) is 15.7. The van der Waals surface area contributed by atoms with Gasteiger partial charge in [0.2, 0.25) is 0 Å². The molecule has 0 saturated heterocycles. The van der Waals surface area contributed by atoms with Gasteiger partial charge in [0.25, 0.3) is 5.91 Å². The average molecular weight is 426 g/mol. The fourth-order valence-corrected chi connectivity index (χ4v) is 3.92. The number of nitrogens with one attached hydrogen (secondary N) is 1. The molecule has 1 aliphatic rings. The van der Waals surface area contributed by atoms with Crippen molar-refractivity contribution in [3.63, 3.8) is 0 Å². The van der Waals surface area contributed by atoms with Crippen LogP contribution in [0.5, 0.6) is 11.5 Å². The molecule has 7 heteroatoms. The number of aromatic nitrogens is 2. The number of hydrogen-bond donors (Lipinski definition) is 1. The van der Waals surface area contributed by atoms with Crippen LogP contribution < -0.4 is 19.7 Å². The Balaban J connectivity index is 1.63. The molecule has 4 aromatic rings. The number of ether oxygens (including phenoxy) is 2. The molecule has 0 aliphatic carbocycles. The predicted molar refractivity (Wildman–Crippen MR) is 123 cm³/mol. The highest BCUT2D eigenvalue weighted by Gasteiger charge is 2.36. The molecule has 1 aliphatic heterocycles. The van der Waals surface area contributed by atoms with Gasteiger partial charge < -0.3 is 14.8 Å². The van der Waals surface area contributed by atoms with E-state index in [0.29, 0.717) is 22.7 Å². The van der Waals surface area contributed by atoms with E-state index in [1.807, 2.05) is 72.9 Å². The summed E-state index contributed by atoms with van der Waals surface area (Å²) < 4.78 is 12.7. The number of fused-ring (bicyclic) bond motifs is 1. The number of carbonyl (C=O) groups excluding carboxylic acids is 1. The molecule has 1 aromatic heterocycles. The van der Waals surface area contributed by atoms with E-state index in [9.17, 15) is 4.79 Å². The van der Waals surface area contributed by atoms with Crippen molar-refractivity contribution in [2.24, 2.45) is 0 Å². The van der Waals surface area contributed by atoms with E-state index in [0.717, 1.165) is 16.9 Å². The van der Waals surface area contributed by atoms with Crippen LogP contribution in [0, 0.1) is 0 Å². The zero-order valence-electron chi connectivity index (χ0n) is 17.7. The molecular weight excluding hydrogens is 404 g/mol. The molecule has 5 rings (SSSR count). The van der Waals surface area contributed by atoms with Gasteiger partial charge in [-0.25, -0.2) is 4.68 Å². The van der Waals surface area contributed by atoms with Crippen molar-refractivity contribution in [3.8, 4) is 17.2 Å². The number of benzene rings is 3. The van der Waals surface area contributed by atoms with Crippen molar-refractivity contribution in [1.82, 2.24) is 9.78 Å². The molecule has 160 valence electrons. The second-order valence-electron chi connectivity index (χ2n) is 7.36. The molecule has 1 N–H and O–H groups in total. The number of rotatable bonds is 5. The Hall–Kier alpha value is -4.26. The van der Waals surface area contributed by atoms with Gasteiger partial charge in [-0.3, -0.25) is 9.69 Å². The van der Waals surface area contributed by atoms with Crippen molar-refractivity contribution < 1.29 is 14.3 Å². The number of nitrogens with zero attached hydrogens (tertiary/aromatic N) is 3. The molecule has 0 bridgehead atoms. The van der Waals surface area contributed by atoms with Crippen molar-refractivity contribution in [2.45, 2.75) is 6.17 Å². The van der Waals surface area contributed by atoms with Gasteiger partial charge in [0.05, 0.1) is 37.4 Å². The molecule has 32 heavy (non-hydrogen) atoms. The third-order valence-corrected chi connectivity index (χ3v) is 5.51. The van der Waals surface area contributed by atoms with E-state index in [1.165, 1.54) is 0 Å². The number of methoxy groups -OCH3 is 2. The quantitative estimate of drug-likeness (QED) is 0.503. The van der Waals surface area contributed by atoms with Crippen LogP contribution in [-0.2, 0) is 0 Å². The Morgan fingerprint density at radius 2 is 1.72 bits per heavy atom. The maximum atomic E-state index is 13.7. The van der Waals surface area contributed by atoms with Crippen LogP contribution in [0.2, 0.25) is 0 Å². The van der Waals surface area contributed by atoms with Crippen molar-refractivity contribution >= 4 is 17.3 Å². The molecule has 0 spiro atoms. The minimum atomic E-state index is -0.475. The molecule has 1 unspecified atom stereocenters. The molecule has 2 heterocycles. The number of para-hydroxylation sites is 2. The maximum Gasteiger partial charge on any atom is 0.262 e. The lowest BCUT2D eigenvalue weighted by atomic mass is 10.0. The van der Waals surface area contributed by atoms with Gasteiger partial charge in [-0.1, -0.05) is 30.3 Å². The summed E-state index contributed by atoms with van der Waals surface area (Å²) in [5, 5.41) is 8.03. The highest BCUT2D eigenvalue weighted by Crippen LogP contribution is 2.41. The van der Waals surface area contributed by atoms with Crippen LogP contribution in [-0.4, -0.2) is 29.9 Å². The minimum Gasteiger partial charge on any atom is -0.497 e. The van der Waals surface area contributed by atoms with E-state index in [1.54, 1.807) is 36.1 Å². The first kappa shape index (κ1) is 19.7. The normalized spacial score (nSPS) is 15.1. The Morgan fingerprint density at radius 3 is 2.50 bits per heavy atom. The zero-order valence-corrected chi connectivity index (χ0v) is 17.7. The molecule has 3 aromatic carbocycles. The van der Waals surface area contributed by atoms with Crippen LogP contribution in [0.15, 0.2) is 85.2 Å². The number of hydrogen-bond acceptors (Lipinski definition) is 5. The Morgan fingerprint density at radius 1 is 0.938 bits per heavy atom. The highest BCUT2D eigenvalue weighted by atomic mass is 16.5. The minimum absolute atomic E-state index is 0.125. The van der Waals surface area contributed by atoms with Crippen LogP contribution in [0.3, 0.4) is 0 Å². The smallest absolute Gasteiger partial charge is 0.262 e. The van der Waals surface area contributed by atoms with E-state index < -0.39 is 6.17 Å². The lowest BCUT2D eigenvalue weighted by Gasteiger charge is -2.38. The summed E-state index contributed by atoms with van der Waals surface area (Å²) in [5.74, 6) is 1.07. The van der Waals surface area contributed by atoms with Gasteiger partial charge in [0, 0.05) is 23.5 Å². The summed E-state index contributed by atoms with van der Waals surface area (Å²) in [5.41, 5.74) is 3.79. The van der Waals surface area contributed by atoms with E-state index in [2.05, 4.69) is 10.4 Å². The molecule has 1 atom stereocenters. The standard InChI is InChI=1S/C25H22N4O3/c1-31-19-12-13-22(23(14-19)32-2)29-24(27-21-11-7-6-10-20(21)25(29)30)17-15-26-28(16-17)18-8-4-3-5-9-18/h3-16,24,27H,1-2H3. The van der Waals surface area contributed by atoms with Gasteiger partial charge in [-0.2, -0.15) is 5.10 Å². The van der Waals surface area contributed by atoms with Crippen LogP contribution in [0.4, 0.5) is 11.4 Å². The maximum absolute atomic E-state index is 13.7. The van der Waals surface area contributed by atoms with Gasteiger partial charge in [-0.05, 0) is 36.4 Å². The SMILES string of the molecule is COc1ccc(N2C(=O)c3ccccc3NC2c2cnn(-c3ccccc3)c2)c(OC)c1. The number of amides is 1. The second kappa shape index (κ2) is 8.11. The summed E-state index contributed by atoms with van der Waals surface area (Å²) in [7, 11) is 3.18. The summed E-state index contributed by atoms with van der Waals surface area (Å²) in [6, 6.07) is 22.8. The lowest BCUT2D eigenvalue weighted by Crippen LogP contribution is -2.43. The lowest BCUT2D eigenvalue weighted by molar-refractivity contribution is 0.0974. The highest BCUT2D eigenvalue weighted by molar-refractivity contribution is 6.12. The van der Waals surface area contributed by atoms with E-state index in [4.69, 9.17) is 9.47 Å². The molecular formula is C25H22N4O3. The van der Waals surface area contributed by atoms with Crippen LogP contribution in [0.25, 0.3) is 5.69 Å². The average Bonchev–Trinajstić information content (AvgIpc) is 3.34. The Bertz CT molecular complexity index is 1270. The molecule has 0 radical (unpaired) electrons. The molecule has 0 saturated carbocycles. The molecule has 0 fully saturated rings. The fraction of sp³-hybridized carbons (Fsp3) is 0.120. The van der Waals surface area contributed by atoms with E-state index >= 15 is 0 Å². The summed E-state index contributed by atoms with van der Waals surface area (Å²) in [4.78, 5) is 15.4.